The van der Waals surface area contributed by atoms with E-state index >= 15 is 0 Å². The molecule has 0 amide bonds. The summed E-state index contributed by atoms with van der Waals surface area (Å²) in [7, 11) is 0. The number of likely N-dealkylation sites (tertiary alicyclic amines) is 1. The minimum Gasteiger partial charge on any atom is -0.383 e. The molecule has 20 heavy (non-hydrogen) atoms. The molecule has 0 radical (unpaired) electrons. The zero-order chi connectivity index (χ0) is 14.0. The van der Waals surface area contributed by atoms with E-state index in [-0.39, 0.29) is 0 Å². The van der Waals surface area contributed by atoms with E-state index in [0.717, 1.165) is 37.4 Å². The van der Waals surface area contributed by atoms with Crippen LogP contribution in [0.15, 0.2) is 41.8 Å². The summed E-state index contributed by atoms with van der Waals surface area (Å²) in [4.78, 5) is 3.52. The molecular formula is C17H21NOS. The lowest BCUT2D eigenvalue weighted by molar-refractivity contribution is -0.0357. The van der Waals surface area contributed by atoms with Crippen molar-refractivity contribution in [3.63, 3.8) is 0 Å². The van der Waals surface area contributed by atoms with Crippen LogP contribution in [0.5, 0.6) is 0 Å². The maximum Gasteiger partial charge on any atom is 0.112 e. The van der Waals surface area contributed by atoms with E-state index in [9.17, 15) is 5.11 Å². The highest BCUT2D eigenvalue weighted by Gasteiger charge is 2.36. The quantitative estimate of drug-likeness (QED) is 0.933. The largest absolute Gasteiger partial charge is 0.383 e. The van der Waals surface area contributed by atoms with Gasteiger partial charge >= 0.3 is 0 Å². The maximum atomic E-state index is 11.0. The van der Waals surface area contributed by atoms with E-state index in [1.807, 2.05) is 6.07 Å². The average Bonchev–Trinajstić information content (AvgIpc) is 2.87. The summed E-state index contributed by atoms with van der Waals surface area (Å²) in [6.45, 7) is 4.83. The molecule has 1 atom stereocenters. The van der Waals surface area contributed by atoms with Crippen LogP contribution in [0.25, 0.3) is 0 Å². The van der Waals surface area contributed by atoms with Crippen molar-refractivity contribution in [3.8, 4) is 0 Å². The predicted octanol–water partition coefficient (Wildman–Crippen LogP) is 3.54. The summed E-state index contributed by atoms with van der Waals surface area (Å²) in [5.41, 5.74) is 1.88. The Morgan fingerprint density at radius 1 is 1.25 bits per heavy atom. The molecule has 0 spiro atoms. The monoisotopic (exact) mass is 287 g/mol. The number of thiophene rings is 1. The number of piperidine rings is 1. The average molecular weight is 287 g/mol. The molecular weight excluding hydrogens is 266 g/mol. The molecule has 0 bridgehead atoms. The third kappa shape index (κ3) is 2.80. The Bertz CT molecular complexity index is 565. The smallest absolute Gasteiger partial charge is 0.112 e. The van der Waals surface area contributed by atoms with Crippen molar-refractivity contribution in [3.05, 3.63) is 57.8 Å². The van der Waals surface area contributed by atoms with Gasteiger partial charge in [-0.15, -0.1) is 11.3 Å². The molecule has 2 nitrogen and oxygen atoms in total. The van der Waals surface area contributed by atoms with Gasteiger partial charge in [0.25, 0.3) is 0 Å². The minimum atomic E-state index is -0.661. The molecule has 1 aromatic carbocycles. The SMILES string of the molecule is Cc1ccsc1C1(O)CCCN(Cc2ccccc2)C1. The fraction of sp³-hybridized carbons (Fsp3) is 0.412. The Hall–Kier alpha value is -1.16. The zero-order valence-electron chi connectivity index (χ0n) is 11.9. The molecule has 1 saturated heterocycles. The summed E-state index contributed by atoms with van der Waals surface area (Å²) in [5.74, 6) is 0. The molecule has 106 valence electrons. The second-order valence-corrected chi connectivity index (χ2v) is 6.68. The van der Waals surface area contributed by atoms with Crippen LogP contribution in [0, 0.1) is 6.92 Å². The van der Waals surface area contributed by atoms with Gasteiger partial charge in [0, 0.05) is 18.0 Å². The minimum absolute atomic E-state index is 0.661. The molecule has 0 saturated carbocycles. The first-order chi connectivity index (χ1) is 9.67. The van der Waals surface area contributed by atoms with Gasteiger partial charge < -0.3 is 5.11 Å². The Kier molecular flexibility index (Phi) is 3.92. The standard InChI is InChI=1S/C17H21NOS/c1-14-8-11-20-16(14)17(19)9-5-10-18(13-17)12-15-6-3-2-4-7-15/h2-4,6-8,11,19H,5,9-10,12-13H2,1H3. The van der Waals surface area contributed by atoms with E-state index in [0.29, 0.717) is 0 Å². The van der Waals surface area contributed by atoms with Crippen LogP contribution in [-0.2, 0) is 12.1 Å². The van der Waals surface area contributed by atoms with Crippen LogP contribution in [0.1, 0.15) is 28.8 Å². The first-order valence-corrected chi connectivity index (χ1v) is 8.09. The van der Waals surface area contributed by atoms with Crippen LogP contribution in [0.4, 0.5) is 0 Å². The summed E-state index contributed by atoms with van der Waals surface area (Å²) in [5, 5.41) is 13.1. The summed E-state index contributed by atoms with van der Waals surface area (Å²) in [6.07, 6.45) is 1.93. The van der Waals surface area contributed by atoms with E-state index in [2.05, 4.69) is 47.5 Å². The molecule has 2 heterocycles. The molecule has 3 heteroatoms. The predicted molar refractivity (Wildman–Crippen MR) is 83.9 cm³/mol. The van der Waals surface area contributed by atoms with Crippen LogP contribution in [0.2, 0.25) is 0 Å². The van der Waals surface area contributed by atoms with Gasteiger partial charge in [-0.3, -0.25) is 4.90 Å². The first-order valence-electron chi connectivity index (χ1n) is 7.21. The van der Waals surface area contributed by atoms with Crippen LogP contribution < -0.4 is 0 Å². The maximum absolute atomic E-state index is 11.0. The number of nitrogens with zero attached hydrogens (tertiary/aromatic N) is 1. The van der Waals surface area contributed by atoms with Crippen molar-refractivity contribution < 1.29 is 5.11 Å². The van der Waals surface area contributed by atoms with Crippen molar-refractivity contribution in [2.45, 2.75) is 31.9 Å². The van der Waals surface area contributed by atoms with E-state index in [1.165, 1.54) is 11.1 Å². The van der Waals surface area contributed by atoms with Gasteiger partial charge in [-0.1, -0.05) is 30.3 Å². The molecule has 1 aliphatic rings. The zero-order valence-corrected chi connectivity index (χ0v) is 12.7. The van der Waals surface area contributed by atoms with Gasteiger partial charge in [0.2, 0.25) is 0 Å². The van der Waals surface area contributed by atoms with Gasteiger partial charge in [-0.2, -0.15) is 0 Å². The van der Waals surface area contributed by atoms with Gasteiger partial charge in [0.15, 0.2) is 0 Å². The molecule has 2 aromatic rings. The Balaban J connectivity index is 1.75. The Morgan fingerprint density at radius 3 is 2.75 bits per heavy atom. The molecule has 3 rings (SSSR count). The van der Waals surface area contributed by atoms with Crippen molar-refractivity contribution in [2.75, 3.05) is 13.1 Å². The van der Waals surface area contributed by atoms with Crippen LogP contribution in [0.3, 0.4) is 0 Å². The van der Waals surface area contributed by atoms with Crippen molar-refractivity contribution in [2.24, 2.45) is 0 Å². The normalized spacial score (nSPS) is 23.9. The van der Waals surface area contributed by atoms with E-state index in [1.54, 1.807) is 11.3 Å². The lowest BCUT2D eigenvalue weighted by atomic mass is 9.89. The first kappa shape index (κ1) is 13.8. The molecule has 1 aliphatic heterocycles. The van der Waals surface area contributed by atoms with Gasteiger partial charge in [-0.25, -0.2) is 0 Å². The van der Waals surface area contributed by atoms with Gasteiger partial charge in [-0.05, 0) is 48.9 Å². The second-order valence-electron chi connectivity index (χ2n) is 5.76. The third-order valence-corrected chi connectivity index (χ3v) is 5.29. The number of β-amino-alcohol motifs (C(OH)–C–C–N with tert-alkyl or cyclic N) is 1. The Labute approximate surface area is 124 Å². The number of rotatable bonds is 3. The summed E-state index contributed by atoms with van der Waals surface area (Å²) >= 11 is 1.69. The highest BCUT2D eigenvalue weighted by atomic mass is 32.1. The fourth-order valence-electron chi connectivity index (χ4n) is 3.13. The Morgan fingerprint density at radius 2 is 2.05 bits per heavy atom. The van der Waals surface area contributed by atoms with Crippen LogP contribution >= 0.6 is 11.3 Å². The second kappa shape index (κ2) is 5.68. The van der Waals surface area contributed by atoms with E-state index < -0.39 is 5.60 Å². The fourth-order valence-corrected chi connectivity index (χ4v) is 4.18. The topological polar surface area (TPSA) is 23.5 Å². The molecule has 1 aromatic heterocycles. The lowest BCUT2D eigenvalue weighted by Crippen LogP contribution is -2.45. The number of aliphatic hydroxyl groups is 1. The van der Waals surface area contributed by atoms with Crippen molar-refractivity contribution in [1.82, 2.24) is 4.90 Å². The molecule has 1 N–H and O–H groups in total. The summed E-state index contributed by atoms with van der Waals surface area (Å²) in [6, 6.07) is 12.6. The molecule has 1 unspecified atom stereocenters. The van der Waals surface area contributed by atoms with Crippen molar-refractivity contribution in [1.29, 1.82) is 0 Å². The summed E-state index contributed by atoms with van der Waals surface area (Å²) < 4.78 is 0. The number of aryl methyl sites for hydroxylation is 1. The number of hydrogen-bond acceptors (Lipinski definition) is 3. The van der Waals surface area contributed by atoms with Crippen LogP contribution in [-0.4, -0.2) is 23.1 Å². The third-order valence-electron chi connectivity index (χ3n) is 4.08. The molecule has 0 aliphatic carbocycles. The van der Waals surface area contributed by atoms with Gasteiger partial charge in [0.1, 0.15) is 5.60 Å². The highest BCUT2D eigenvalue weighted by Crippen LogP contribution is 2.36. The van der Waals surface area contributed by atoms with Gasteiger partial charge in [0.05, 0.1) is 0 Å². The molecule has 1 fully saturated rings. The lowest BCUT2D eigenvalue weighted by Gasteiger charge is -2.39. The van der Waals surface area contributed by atoms with E-state index in [4.69, 9.17) is 0 Å². The number of hydrogen-bond donors (Lipinski definition) is 1. The number of benzene rings is 1. The highest BCUT2D eigenvalue weighted by molar-refractivity contribution is 7.10. The van der Waals surface area contributed by atoms with Crippen molar-refractivity contribution >= 4 is 11.3 Å².